The van der Waals surface area contributed by atoms with Crippen molar-refractivity contribution < 1.29 is 27.9 Å². The van der Waals surface area contributed by atoms with Crippen LogP contribution in [0.4, 0.5) is 0 Å². The van der Waals surface area contributed by atoms with Crippen LogP contribution in [0, 0.1) is 18.8 Å². The summed E-state index contributed by atoms with van der Waals surface area (Å²) in [6, 6.07) is 8.56. The number of hydrogen-bond acceptors (Lipinski definition) is 9. The number of aliphatic hydroxyl groups excluding tert-OH is 1. The molecule has 4 N–H and O–H groups in total. The highest BCUT2D eigenvalue weighted by Gasteiger charge is 2.48. The van der Waals surface area contributed by atoms with Crippen molar-refractivity contribution in [2.75, 3.05) is 19.3 Å². The van der Waals surface area contributed by atoms with E-state index in [2.05, 4.69) is 10.3 Å². The molecule has 1 aromatic heterocycles. The number of hydrogen-bond donors (Lipinski definition) is 3. The maximum Gasteiger partial charge on any atom is 0.261 e. The van der Waals surface area contributed by atoms with E-state index >= 15 is 0 Å². The lowest BCUT2D eigenvalue weighted by Gasteiger charge is -2.47. The molecule has 1 saturated heterocycles. The van der Waals surface area contributed by atoms with Gasteiger partial charge in [0.05, 0.1) is 22.9 Å². The van der Waals surface area contributed by atoms with E-state index in [0.717, 1.165) is 42.4 Å². The van der Waals surface area contributed by atoms with Gasteiger partial charge in [0.15, 0.2) is 9.84 Å². The first kappa shape index (κ1) is 39.9. The Hall–Kier alpha value is -2.90. The third-order valence-electron chi connectivity index (χ3n) is 10.4. The molecule has 0 spiro atoms. The number of carbonyl (C=O) groups is 3. The number of benzene rings is 1. The predicted molar refractivity (Wildman–Crippen MR) is 195 cm³/mol. The van der Waals surface area contributed by atoms with E-state index in [1.165, 1.54) is 26.0 Å². The lowest BCUT2D eigenvalue weighted by Crippen LogP contribution is -2.64. The maximum atomic E-state index is 14.5. The van der Waals surface area contributed by atoms with Crippen molar-refractivity contribution in [3.05, 3.63) is 64.4 Å². The van der Waals surface area contributed by atoms with Crippen LogP contribution in [0.3, 0.4) is 0 Å². The number of fused-ring (bicyclic) bond motifs is 1. The number of sulfone groups is 1. The third-order valence-corrected chi connectivity index (χ3v) is 12.7. The molecule has 2 heterocycles. The Morgan fingerprint density at radius 3 is 2.28 bits per heavy atom. The molecule has 2 aliphatic rings. The van der Waals surface area contributed by atoms with Crippen LogP contribution < -0.4 is 11.1 Å². The van der Waals surface area contributed by atoms with Crippen LogP contribution in [0.2, 0.25) is 5.15 Å². The standard InChI is InChI=1S/C37H54ClN5O6S/c1-23-17-27(20-31(38)40-23)34(46)43(35(47)32(39)37(5,6)50(7,48)49)28(18-24-13-9-8-10-14-24)30(44)22-42-21-26-16-12-11-15-25(26)19-29(42)33(45)41-36(2,3)4/h8-10,13-14,17,20,25-26,28-30,32,44H,11-12,15-16,18-19,21-22,39H2,1-7H3,(H,41,45)/t25-,26+,28-,29-,30+,32+/m0/s1. The molecular formula is C37H54ClN5O6S. The number of β-amino-alcohol motifs (C(OH)–C–C–N with tert-alkyl or cyclic N) is 1. The van der Waals surface area contributed by atoms with Gasteiger partial charge in [0.25, 0.3) is 5.91 Å². The smallest absolute Gasteiger partial charge is 0.261 e. The van der Waals surface area contributed by atoms with E-state index in [4.69, 9.17) is 17.3 Å². The molecule has 50 heavy (non-hydrogen) atoms. The van der Waals surface area contributed by atoms with E-state index < -0.39 is 56.2 Å². The van der Waals surface area contributed by atoms with Crippen LogP contribution in [0.15, 0.2) is 42.5 Å². The number of nitrogens with two attached hydrogens (primary N) is 1. The monoisotopic (exact) mass is 731 g/mol. The van der Waals surface area contributed by atoms with Gasteiger partial charge in [-0.25, -0.2) is 13.4 Å². The van der Waals surface area contributed by atoms with Gasteiger partial charge in [-0.2, -0.15) is 0 Å². The highest BCUT2D eigenvalue weighted by atomic mass is 35.5. The average molecular weight is 732 g/mol. The number of aromatic nitrogens is 1. The van der Waals surface area contributed by atoms with Crippen LogP contribution in [-0.2, 0) is 25.8 Å². The number of carbonyl (C=O) groups excluding carboxylic acids is 3. The number of aryl methyl sites for hydroxylation is 1. The molecular weight excluding hydrogens is 678 g/mol. The van der Waals surface area contributed by atoms with E-state index in [9.17, 15) is 27.9 Å². The lowest BCUT2D eigenvalue weighted by molar-refractivity contribution is -0.137. The molecule has 0 unspecified atom stereocenters. The van der Waals surface area contributed by atoms with Gasteiger partial charge in [0, 0.05) is 36.1 Å². The van der Waals surface area contributed by atoms with Gasteiger partial charge in [-0.05, 0) is 90.3 Å². The number of nitrogens with one attached hydrogen (secondary N) is 1. The lowest BCUT2D eigenvalue weighted by atomic mass is 9.72. The molecule has 1 aromatic carbocycles. The molecule has 3 amide bonds. The Balaban J connectivity index is 1.81. The molecule has 13 heteroatoms. The van der Waals surface area contributed by atoms with E-state index in [1.807, 2.05) is 56.0 Å². The summed E-state index contributed by atoms with van der Waals surface area (Å²) in [6.45, 7) is 10.7. The zero-order valence-electron chi connectivity index (χ0n) is 30.4. The molecule has 2 aromatic rings. The zero-order chi connectivity index (χ0) is 37.2. The number of piperidine rings is 1. The van der Waals surface area contributed by atoms with E-state index in [1.54, 1.807) is 6.92 Å². The summed E-state index contributed by atoms with van der Waals surface area (Å²) in [5, 5.41) is 15.5. The Kier molecular flexibility index (Phi) is 12.6. The highest BCUT2D eigenvalue weighted by Crippen LogP contribution is 2.39. The number of amides is 3. The Bertz CT molecular complexity index is 1630. The quantitative estimate of drug-likeness (QED) is 0.291. The van der Waals surface area contributed by atoms with Crippen molar-refractivity contribution >= 4 is 39.2 Å². The average Bonchev–Trinajstić information content (AvgIpc) is 3.02. The Morgan fingerprint density at radius 1 is 1.08 bits per heavy atom. The van der Waals surface area contributed by atoms with Crippen molar-refractivity contribution in [2.24, 2.45) is 17.6 Å². The fourth-order valence-electron chi connectivity index (χ4n) is 7.23. The van der Waals surface area contributed by atoms with Crippen LogP contribution in [0.1, 0.15) is 88.3 Å². The summed E-state index contributed by atoms with van der Waals surface area (Å²) in [4.78, 5) is 49.9. The largest absolute Gasteiger partial charge is 0.390 e. The van der Waals surface area contributed by atoms with Gasteiger partial charge < -0.3 is 16.2 Å². The van der Waals surface area contributed by atoms with Crippen LogP contribution in [0.5, 0.6) is 0 Å². The van der Waals surface area contributed by atoms with Gasteiger partial charge in [0.1, 0.15) is 11.2 Å². The normalized spacial score (nSPS) is 22.2. The first-order valence-electron chi connectivity index (χ1n) is 17.4. The summed E-state index contributed by atoms with van der Waals surface area (Å²) < 4.78 is 24.0. The fourth-order valence-corrected chi connectivity index (χ4v) is 8.04. The number of nitrogens with zero attached hydrogens (tertiary/aromatic N) is 3. The molecule has 276 valence electrons. The van der Waals surface area contributed by atoms with Gasteiger partial charge in [0.2, 0.25) is 11.8 Å². The Labute approximate surface area is 302 Å². The number of halogens is 1. The molecule has 2 fully saturated rings. The van der Waals surface area contributed by atoms with Crippen LogP contribution >= 0.6 is 11.6 Å². The third kappa shape index (κ3) is 9.50. The van der Waals surface area contributed by atoms with Gasteiger partial charge >= 0.3 is 0 Å². The molecule has 4 rings (SSSR count). The van der Waals surface area contributed by atoms with Gasteiger partial charge in [-0.3, -0.25) is 24.2 Å². The molecule has 0 radical (unpaired) electrons. The molecule has 0 bridgehead atoms. The SMILES string of the molecule is Cc1cc(C(=O)N(C(=O)[C@@H](N)C(C)(C)S(C)(=O)=O)[C@@H](Cc2ccccc2)[C@H](O)CN2C[C@H]3CCCC[C@H]3C[C@H]2C(=O)NC(C)(C)C)cc(Cl)n1. The predicted octanol–water partition coefficient (Wildman–Crippen LogP) is 3.93. The summed E-state index contributed by atoms with van der Waals surface area (Å²) >= 11 is 6.26. The van der Waals surface area contributed by atoms with Crippen molar-refractivity contribution in [2.45, 2.75) is 115 Å². The van der Waals surface area contributed by atoms with E-state index in [-0.39, 0.29) is 29.6 Å². The number of pyridine rings is 1. The second-order valence-corrected chi connectivity index (χ2v) is 18.7. The van der Waals surface area contributed by atoms with Crippen molar-refractivity contribution in [3.63, 3.8) is 0 Å². The molecule has 11 nitrogen and oxygen atoms in total. The summed E-state index contributed by atoms with van der Waals surface area (Å²) in [6.07, 6.45) is 4.64. The second kappa shape index (κ2) is 15.8. The minimum absolute atomic E-state index is 0.0130. The minimum Gasteiger partial charge on any atom is -0.390 e. The Morgan fingerprint density at radius 2 is 1.70 bits per heavy atom. The number of rotatable bonds is 11. The highest BCUT2D eigenvalue weighted by molar-refractivity contribution is 7.92. The summed E-state index contributed by atoms with van der Waals surface area (Å²) in [5.74, 6) is -1.13. The molecule has 6 atom stereocenters. The number of aliphatic hydroxyl groups is 1. The van der Waals surface area contributed by atoms with Crippen molar-refractivity contribution in [1.29, 1.82) is 0 Å². The second-order valence-electron chi connectivity index (χ2n) is 15.8. The topological polar surface area (TPSA) is 163 Å². The molecule has 1 aliphatic carbocycles. The van der Waals surface area contributed by atoms with Crippen molar-refractivity contribution in [3.8, 4) is 0 Å². The zero-order valence-corrected chi connectivity index (χ0v) is 31.9. The van der Waals surface area contributed by atoms with Gasteiger partial charge in [-0.1, -0.05) is 61.2 Å². The first-order chi connectivity index (χ1) is 23.2. The first-order valence-corrected chi connectivity index (χ1v) is 19.7. The van der Waals surface area contributed by atoms with Crippen LogP contribution in [0.25, 0.3) is 0 Å². The number of likely N-dealkylation sites (tertiary alicyclic amines) is 1. The summed E-state index contributed by atoms with van der Waals surface area (Å²) in [5.41, 5.74) is 7.19. The fraction of sp³-hybridized carbons (Fsp3) is 0.622. The minimum atomic E-state index is -3.88. The van der Waals surface area contributed by atoms with Crippen LogP contribution in [-0.4, -0.2) is 99.9 Å². The number of imide groups is 1. The van der Waals surface area contributed by atoms with E-state index in [0.29, 0.717) is 30.5 Å². The maximum absolute atomic E-state index is 14.5. The van der Waals surface area contributed by atoms with Crippen molar-refractivity contribution in [1.82, 2.24) is 20.1 Å². The van der Waals surface area contributed by atoms with Gasteiger partial charge in [-0.15, -0.1) is 0 Å². The molecule has 1 saturated carbocycles. The molecule has 1 aliphatic heterocycles. The summed E-state index contributed by atoms with van der Waals surface area (Å²) in [7, 11) is -3.88.